The number of unbranched alkanes of at least 4 members (excludes halogenated alkanes) is 6. The molecule has 0 saturated heterocycles. The summed E-state index contributed by atoms with van der Waals surface area (Å²) in [6.07, 6.45) is 16.4. The first-order valence-corrected chi connectivity index (χ1v) is 6.68. The van der Waals surface area contributed by atoms with Crippen LogP contribution in [0.25, 0.3) is 0 Å². The van der Waals surface area contributed by atoms with Crippen LogP contribution in [0.2, 0.25) is 0 Å². The Hall–Kier alpha value is -0.300. The van der Waals surface area contributed by atoms with Crippen molar-refractivity contribution in [1.29, 1.82) is 0 Å². The molecule has 0 heterocycles. The molecule has 0 saturated carbocycles. The Morgan fingerprint density at radius 1 is 0.933 bits per heavy atom. The van der Waals surface area contributed by atoms with Gasteiger partial charge in [-0.3, -0.25) is 0 Å². The molecule has 1 nitrogen and oxygen atoms in total. The third-order valence-electron chi connectivity index (χ3n) is 2.67. The van der Waals surface area contributed by atoms with Gasteiger partial charge in [0, 0.05) is 6.04 Å². The van der Waals surface area contributed by atoms with Gasteiger partial charge in [0.25, 0.3) is 0 Å². The highest BCUT2D eigenvalue weighted by Crippen LogP contribution is 2.05. The van der Waals surface area contributed by atoms with Crippen LogP contribution < -0.4 is 5.73 Å². The molecule has 0 aliphatic heterocycles. The van der Waals surface area contributed by atoms with Gasteiger partial charge < -0.3 is 5.73 Å². The zero-order chi connectivity index (χ0) is 11.4. The van der Waals surface area contributed by atoms with Crippen molar-refractivity contribution in [1.82, 2.24) is 0 Å². The maximum Gasteiger partial charge on any atom is 0.00104 e. The van der Waals surface area contributed by atoms with Gasteiger partial charge in [0.2, 0.25) is 0 Å². The lowest BCUT2D eigenvalue weighted by Crippen LogP contribution is -2.13. The lowest BCUT2D eigenvalue weighted by molar-refractivity contribution is 0.601. The van der Waals surface area contributed by atoms with Gasteiger partial charge >= 0.3 is 0 Å². The summed E-state index contributed by atoms with van der Waals surface area (Å²) in [5.41, 5.74) is 5.68. The molecule has 0 aromatic carbocycles. The van der Waals surface area contributed by atoms with E-state index in [0.29, 0.717) is 6.04 Å². The van der Waals surface area contributed by atoms with Crippen LogP contribution >= 0.6 is 0 Å². The van der Waals surface area contributed by atoms with Crippen LogP contribution in [0.3, 0.4) is 0 Å². The van der Waals surface area contributed by atoms with E-state index in [0.717, 1.165) is 0 Å². The molecule has 0 fully saturated rings. The average molecular weight is 211 g/mol. The first-order chi connectivity index (χ1) is 7.27. The molecule has 1 unspecified atom stereocenters. The van der Waals surface area contributed by atoms with Crippen LogP contribution in [0.15, 0.2) is 12.2 Å². The van der Waals surface area contributed by atoms with Gasteiger partial charge in [0.1, 0.15) is 0 Å². The Morgan fingerprint density at radius 2 is 1.53 bits per heavy atom. The van der Waals surface area contributed by atoms with E-state index in [9.17, 15) is 0 Å². The van der Waals surface area contributed by atoms with Gasteiger partial charge in [0.15, 0.2) is 0 Å². The number of rotatable bonds is 10. The van der Waals surface area contributed by atoms with E-state index in [4.69, 9.17) is 5.73 Å². The van der Waals surface area contributed by atoms with E-state index < -0.39 is 0 Å². The van der Waals surface area contributed by atoms with Gasteiger partial charge in [-0.25, -0.2) is 0 Å². The molecule has 0 amide bonds. The van der Waals surface area contributed by atoms with Crippen molar-refractivity contribution in [3.63, 3.8) is 0 Å². The van der Waals surface area contributed by atoms with E-state index in [1.54, 1.807) is 0 Å². The molecule has 0 rings (SSSR count). The number of nitrogens with two attached hydrogens (primary N) is 1. The summed E-state index contributed by atoms with van der Waals surface area (Å²) in [6, 6.07) is 0.378. The number of hydrogen-bond acceptors (Lipinski definition) is 1. The quantitative estimate of drug-likeness (QED) is 0.420. The zero-order valence-electron chi connectivity index (χ0n) is 10.7. The van der Waals surface area contributed by atoms with Crippen molar-refractivity contribution < 1.29 is 0 Å². The van der Waals surface area contributed by atoms with Crippen molar-refractivity contribution >= 4 is 0 Å². The average Bonchev–Trinajstić information content (AvgIpc) is 2.20. The van der Waals surface area contributed by atoms with Crippen molar-refractivity contribution in [2.24, 2.45) is 5.73 Å². The molecule has 0 radical (unpaired) electrons. The third-order valence-corrected chi connectivity index (χ3v) is 2.67. The highest BCUT2D eigenvalue weighted by atomic mass is 14.6. The molecule has 2 N–H and O–H groups in total. The van der Waals surface area contributed by atoms with Crippen molar-refractivity contribution in [2.75, 3.05) is 0 Å². The van der Waals surface area contributed by atoms with Crippen LogP contribution in [-0.4, -0.2) is 6.04 Å². The maximum absolute atomic E-state index is 5.68. The van der Waals surface area contributed by atoms with Crippen LogP contribution in [0.5, 0.6) is 0 Å². The monoisotopic (exact) mass is 211 g/mol. The van der Waals surface area contributed by atoms with Crippen molar-refractivity contribution in [2.45, 2.75) is 77.7 Å². The minimum atomic E-state index is 0.378. The van der Waals surface area contributed by atoms with E-state index in [1.807, 2.05) is 0 Å². The predicted octanol–water partition coefficient (Wildman–Crippen LogP) is 4.42. The topological polar surface area (TPSA) is 26.0 Å². The van der Waals surface area contributed by atoms with E-state index in [-0.39, 0.29) is 0 Å². The Labute approximate surface area is 96.1 Å². The van der Waals surface area contributed by atoms with Crippen LogP contribution in [0.4, 0.5) is 0 Å². The number of hydrogen-bond donors (Lipinski definition) is 1. The molecule has 0 aliphatic rings. The minimum Gasteiger partial charge on any atom is -0.328 e. The normalized spacial score (nSPS) is 13.5. The molecule has 0 aromatic rings. The largest absolute Gasteiger partial charge is 0.328 e. The predicted molar refractivity (Wildman–Crippen MR) is 70.0 cm³/mol. The Kier molecular flexibility index (Phi) is 11.5. The SMILES string of the molecule is CCCCCCC=CCCCCC(C)N. The third kappa shape index (κ3) is 13.7. The fourth-order valence-electron chi connectivity index (χ4n) is 1.65. The van der Waals surface area contributed by atoms with Crippen molar-refractivity contribution in [3.8, 4) is 0 Å². The molecular weight excluding hydrogens is 182 g/mol. The summed E-state index contributed by atoms with van der Waals surface area (Å²) in [5, 5.41) is 0. The molecule has 0 spiro atoms. The summed E-state index contributed by atoms with van der Waals surface area (Å²) in [5.74, 6) is 0. The van der Waals surface area contributed by atoms with Gasteiger partial charge in [-0.2, -0.15) is 0 Å². The molecule has 0 aliphatic carbocycles. The van der Waals surface area contributed by atoms with E-state index >= 15 is 0 Å². The molecule has 0 aromatic heterocycles. The van der Waals surface area contributed by atoms with Gasteiger partial charge in [-0.1, -0.05) is 44.8 Å². The molecular formula is C14H29N. The summed E-state index contributed by atoms with van der Waals surface area (Å²) in [6.45, 7) is 4.35. The molecule has 1 heteroatoms. The second-order valence-electron chi connectivity index (χ2n) is 4.58. The Balaban J connectivity index is 3.04. The van der Waals surface area contributed by atoms with Crippen molar-refractivity contribution in [3.05, 3.63) is 12.2 Å². The van der Waals surface area contributed by atoms with Crippen LogP contribution in [0.1, 0.15) is 71.6 Å². The first kappa shape index (κ1) is 14.7. The smallest absolute Gasteiger partial charge is 0.00104 e. The zero-order valence-corrected chi connectivity index (χ0v) is 10.7. The Morgan fingerprint density at radius 3 is 2.07 bits per heavy atom. The fraction of sp³-hybridized carbons (Fsp3) is 0.857. The minimum absolute atomic E-state index is 0.378. The summed E-state index contributed by atoms with van der Waals surface area (Å²) in [4.78, 5) is 0. The summed E-state index contributed by atoms with van der Waals surface area (Å²) < 4.78 is 0. The van der Waals surface area contributed by atoms with Crippen LogP contribution in [-0.2, 0) is 0 Å². The fourth-order valence-corrected chi connectivity index (χ4v) is 1.65. The summed E-state index contributed by atoms with van der Waals surface area (Å²) >= 11 is 0. The standard InChI is InChI=1S/C14H29N/c1-3-4-5-6-7-8-9-10-11-12-13-14(2)15/h8-9,14H,3-7,10-13,15H2,1-2H3. The Bertz CT molecular complexity index is 138. The van der Waals surface area contributed by atoms with Gasteiger partial charge in [-0.15, -0.1) is 0 Å². The molecule has 15 heavy (non-hydrogen) atoms. The highest BCUT2D eigenvalue weighted by Gasteiger charge is 1.92. The molecule has 90 valence electrons. The lowest BCUT2D eigenvalue weighted by atomic mass is 10.1. The van der Waals surface area contributed by atoms with Crippen LogP contribution in [0, 0.1) is 0 Å². The first-order valence-electron chi connectivity index (χ1n) is 6.68. The highest BCUT2D eigenvalue weighted by molar-refractivity contribution is 4.81. The van der Waals surface area contributed by atoms with Gasteiger partial charge in [0.05, 0.1) is 0 Å². The lowest BCUT2D eigenvalue weighted by Gasteiger charge is -2.02. The van der Waals surface area contributed by atoms with E-state index in [1.165, 1.54) is 57.8 Å². The second kappa shape index (κ2) is 11.8. The number of allylic oxidation sites excluding steroid dienone is 2. The summed E-state index contributed by atoms with van der Waals surface area (Å²) in [7, 11) is 0. The molecule has 0 bridgehead atoms. The van der Waals surface area contributed by atoms with Gasteiger partial charge in [-0.05, 0) is 39.0 Å². The van der Waals surface area contributed by atoms with E-state index in [2.05, 4.69) is 26.0 Å². The molecule has 1 atom stereocenters. The second-order valence-corrected chi connectivity index (χ2v) is 4.58. The maximum atomic E-state index is 5.68.